The number of hydrogen-bond donors (Lipinski definition) is 2. The monoisotopic (exact) mass is 132 g/mol. The minimum atomic E-state index is -0.468. The third kappa shape index (κ3) is 1.41. The summed E-state index contributed by atoms with van der Waals surface area (Å²) in [6, 6.07) is 0. The zero-order valence-corrected chi connectivity index (χ0v) is 5.45. The van der Waals surface area contributed by atoms with Gasteiger partial charge in [-0.3, -0.25) is 5.26 Å². The fourth-order valence-electron chi connectivity index (χ4n) is 1.33. The molecule has 0 aromatic heterocycles. The quantitative estimate of drug-likeness (QED) is 0.406. The lowest BCUT2D eigenvalue weighted by Gasteiger charge is -2.07. The summed E-state index contributed by atoms with van der Waals surface area (Å²) in [7, 11) is 0. The molecular formula is C6H12O3. The number of hydrogen-bond acceptors (Lipinski definition) is 3. The fourth-order valence-corrected chi connectivity index (χ4v) is 1.33. The highest BCUT2D eigenvalue weighted by molar-refractivity contribution is 4.80. The van der Waals surface area contributed by atoms with Crippen LogP contribution < -0.4 is 0 Å². The van der Waals surface area contributed by atoms with Crippen LogP contribution in [0.2, 0.25) is 0 Å². The van der Waals surface area contributed by atoms with Crippen LogP contribution >= 0.6 is 0 Å². The molecule has 2 N–H and O–H groups in total. The van der Waals surface area contributed by atoms with Crippen molar-refractivity contribution in [2.45, 2.75) is 32.0 Å². The number of aliphatic hydroxyl groups is 1. The fraction of sp³-hybridized carbons (Fsp3) is 1.00. The number of aliphatic hydroxyl groups excluding tert-OH is 1. The summed E-state index contributed by atoms with van der Waals surface area (Å²) in [4.78, 5) is 4.04. The van der Waals surface area contributed by atoms with E-state index in [1.54, 1.807) is 0 Å². The molecule has 9 heavy (non-hydrogen) atoms. The van der Waals surface area contributed by atoms with Gasteiger partial charge in [0.2, 0.25) is 0 Å². The maximum atomic E-state index is 9.07. The molecule has 0 aliphatic heterocycles. The van der Waals surface area contributed by atoms with Crippen molar-refractivity contribution in [1.29, 1.82) is 0 Å². The Morgan fingerprint density at radius 3 is 2.33 bits per heavy atom. The summed E-state index contributed by atoms with van der Waals surface area (Å²) in [6.45, 7) is 2.03. The molecule has 1 aliphatic carbocycles. The van der Waals surface area contributed by atoms with Crippen LogP contribution in [0.4, 0.5) is 0 Å². The summed E-state index contributed by atoms with van der Waals surface area (Å²) in [5, 5.41) is 17.3. The van der Waals surface area contributed by atoms with Crippen molar-refractivity contribution in [2.75, 3.05) is 0 Å². The molecule has 1 rings (SSSR count). The summed E-state index contributed by atoms with van der Waals surface area (Å²) < 4.78 is 0. The molecule has 0 saturated heterocycles. The van der Waals surface area contributed by atoms with Gasteiger partial charge in [-0.25, -0.2) is 4.89 Å². The van der Waals surface area contributed by atoms with Crippen molar-refractivity contribution in [3.05, 3.63) is 0 Å². The Morgan fingerprint density at radius 2 is 2.11 bits per heavy atom. The first-order chi connectivity index (χ1) is 4.24. The molecule has 0 heterocycles. The van der Waals surface area contributed by atoms with E-state index in [0.29, 0.717) is 5.92 Å². The van der Waals surface area contributed by atoms with Crippen LogP contribution in [-0.2, 0) is 4.89 Å². The van der Waals surface area contributed by atoms with Gasteiger partial charge in [-0.1, -0.05) is 6.92 Å². The standard InChI is InChI=1S/C6H12O3/c1-4-2-5(7)6(3-4)9-8/h4-8H,2-3H2,1H3. The molecule has 3 heteroatoms. The van der Waals surface area contributed by atoms with Gasteiger partial charge in [0.1, 0.15) is 6.10 Å². The lowest BCUT2D eigenvalue weighted by molar-refractivity contribution is -0.291. The molecular weight excluding hydrogens is 120 g/mol. The van der Waals surface area contributed by atoms with Crippen LogP contribution in [0, 0.1) is 5.92 Å². The molecule has 54 valence electrons. The van der Waals surface area contributed by atoms with Crippen LogP contribution in [0.1, 0.15) is 19.8 Å². The summed E-state index contributed by atoms with van der Waals surface area (Å²) in [6.07, 6.45) is 0.688. The Labute approximate surface area is 54.2 Å². The second-order valence-electron chi connectivity index (χ2n) is 2.79. The van der Waals surface area contributed by atoms with Crippen molar-refractivity contribution in [3.8, 4) is 0 Å². The summed E-state index contributed by atoms with van der Waals surface area (Å²) in [5.74, 6) is 0.470. The third-order valence-electron chi connectivity index (χ3n) is 1.84. The van der Waals surface area contributed by atoms with Gasteiger partial charge < -0.3 is 5.11 Å². The molecule has 0 aromatic carbocycles. The second-order valence-corrected chi connectivity index (χ2v) is 2.79. The molecule has 1 fully saturated rings. The first-order valence-electron chi connectivity index (χ1n) is 3.22. The molecule has 0 bridgehead atoms. The van der Waals surface area contributed by atoms with Crippen LogP contribution in [0.5, 0.6) is 0 Å². The lowest BCUT2D eigenvalue weighted by Crippen LogP contribution is -2.20. The van der Waals surface area contributed by atoms with Crippen LogP contribution in [0.25, 0.3) is 0 Å². The van der Waals surface area contributed by atoms with E-state index in [0.717, 1.165) is 12.8 Å². The van der Waals surface area contributed by atoms with E-state index in [-0.39, 0.29) is 6.10 Å². The largest absolute Gasteiger partial charge is 0.390 e. The molecule has 0 spiro atoms. The second kappa shape index (κ2) is 2.64. The molecule has 1 saturated carbocycles. The SMILES string of the molecule is CC1CC(O)C(OO)C1. The van der Waals surface area contributed by atoms with E-state index < -0.39 is 6.10 Å². The van der Waals surface area contributed by atoms with Gasteiger partial charge >= 0.3 is 0 Å². The topological polar surface area (TPSA) is 49.7 Å². The Kier molecular flexibility index (Phi) is 2.05. The van der Waals surface area contributed by atoms with Crippen molar-refractivity contribution in [3.63, 3.8) is 0 Å². The van der Waals surface area contributed by atoms with E-state index in [9.17, 15) is 0 Å². The van der Waals surface area contributed by atoms with Gasteiger partial charge in [0, 0.05) is 0 Å². The van der Waals surface area contributed by atoms with Crippen LogP contribution in [0.3, 0.4) is 0 Å². The Balaban J connectivity index is 2.38. The average molecular weight is 132 g/mol. The summed E-state index contributed by atoms with van der Waals surface area (Å²) in [5.41, 5.74) is 0. The van der Waals surface area contributed by atoms with E-state index >= 15 is 0 Å². The van der Waals surface area contributed by atoms with Gasteiger partial charge in [-0.15, -0.1) is 0 Å². The molecule has 3 atom stereocenters. The van der Waals surface area contributed by atoms with Crippen molar-refractivity contribution >= 4 is 0 Å². The van der Waals surface area contributed by atoms with Crippen molar-refractivity contribution in [2.24, 2.45) is 5.92 Å². The Morgan fingerprint density at radius 1 is 1.44 bits per heavy atom. The molecule has 0 aromatic rings. The smallest absolute Gasteiger partial charge is 0.119 e. The van der Waals surface area contributed by atoms with Gasteiger partial charge in [-0.05, 0) is 18.8 Å². The minimum absolute atomic E-state index is 0.347. The Bertz CT molecular complexity index is 94.3. The van der Waals surface area contributed by atoms with Crippen LogP contribution in [-0.4, -0.2) is 22.6 Å². The molecule has 0 radical (unpaired) electrons. The van der Waals surface area contributed by atoms with E-state index in [2.05, 4.69) is 4.89 Å². The highest BCUT2D eigenvalue weighted by Crippen LogP contribution is 2.26. The third-order valence-corrected chi connectivity index (χ3v) is 1.84. The molecule has 3 unspecified atom stereocenters. The minimum Gasteiger partial charge on any atom is -0.390 e. The van der Waals surface area contributed by atoms with Crippen molar-refractivity contribution in [1.82, 2.24) is 0 Å². The zero-order chi connectivity index (χ0) is 6.85. The lowest BCUT2D eigenvalue weighted by atomic mass is 10.1. The normalized spacial score (nSPS) is 43.7. The number of rotatable bonds is 1. The zero-order valence-electron chi connectivity index (χ0n) is 5.45. The van der Waals surface area contributed by atoms with Crippen molar-refractivity contribution < 1.29 is 15.3 Å². The summed E-state index contributed by atoms with van der Waals surface area (Å²) >= 11 is 0. The first-order valence-corrected chi connectivity index (χ1v) is 3.22. The van der Waals surface area contributed by atoms with Gasteiger partial charge in [0.15, 0.2) is 0 Å². The highest BCUT2D eigenvalue weighted by atomic mass is 17.1. The predicted molar refractivity (Wildman–Crippen MR) is 31.9 cm³/mol. The van der Waals surface area contributed by atoms with E-state index in [1.165, 1.54) is 0 Å². The van der Waals surface area contributed by atoms with Crippen LogP contribution in [0.15, 0.2) is 0 Å². The molecule has 3 nitrogen and oxygen atoms in total. The van der Waals surface area contributed by atoms with E-state index in [1.807, 2.05) is 6.92 Å². The predicted octanol–water partition coefficient (Wildman–Crippen LogP) is 0.635. The molecule has 1 aliphatic rings. The highest BCUT2D eigenvalue weighted by Gasteiger charge is 2.31. The average Bonchev–Trinajstić information content (AvgIpc) is 2.10. The van der Waals surface area contributed by atoms with Gasteiger partial charge in [0.05, 0.1) is 6.10 Å². The maximum absolute atomic E-state index is 9.07. The Hall–Kier alpha value is -0.120. The maximum Gasteiger partial charge on any atom is 0.119 e. The van der Waals surface area contributed by atoms with Gasteiger partial charge in [-0.2, -0.15) is 0 Å². The van der Waals surface area contributed by atoms with E-state index in [4.69, 9.17) is 10.4 Å². The molecule has 0 amide bonds. The first kappa shape index (κ1) is 6.99. The van der Waals surface area contributed by atoms with Gasteiger partial charge in [0.25, 0.3) is 0 Å².